The summed E-state index contributed by atoms with van der Waals surface area (Å²) in [7, 11) is 0. The maximum atomic E-state index is 12.9. The fraction of sp³-hybridized carbons (Fsp3) is 0.111. The molecule has 0 spiro atoms. The van der Waals surface area contributed by atoms with Crippen LogP contribution in [0.5, 0.6) is 0 Å². The van der Waals surface area contributed by atoms with Crippen LogP contribution in [-0.4, -0.2) is 10.9 Å². The maximum absolute atomic E-state index is 12.9. The smallest absolute Gasteiger partial charge is 0.257 e. The number of H-pyrrole nitrogens is 1. The first kappa shape index (κ1) is 15.0. The fourth-order valence-corrected chi connectivity index (χ4v) is 2.45. The van der Waals surface area contributed by atoms with Crippen LogP contribution in [0.2, 0.25) is 0 Å². The van der Waals surface area contributed by atoms with Gasteiger partial charge in [-0.3, -0.25) is 9.59 Å². The quantitative estimate of drug-likeness (QED) is 0.780. The van der Waals surface area contributed by atoms with Crippen molar-refractivity contribution < 1.29 is 9.18 Å². The molecule has 5 heteroatoms. The lowest BCUT2D eigenvalue weighted by Crippen LogP contribution is -2.31. The Kier molecular flexibility index (Phi) is 3.93. The van der Waals surface area contributed by atoms with E-state index in [2.05, 4.69) is 10.3 Å². The van der Waals surface area contributed by atoms with Gasteiger partial charge in [0.2, 0.25) is 5.43 Å². The van der Waals surface area contributed by atoms with Gasteiger partial charge in [-0.25, -0.2) is 4.39 Å². The SMILES string of the molecule is C[C@@H](NC(=O)c1c[nH]c2ccccc2c1=O)c1ccc(F)cc1. The van der Waals surface area contributed by atoms with Crippen LogP contribution in [0.3, 0.4) is 0 Å². The number of hydrogen-bond acceptors (Lipinski definition) is 2. The van der Waals surface area contributed by atoms with Gasteiger partial charge in [0.15, 0.2) is 0 Å². The lowest BCUT2D eigenvalue weighted by Gasteiger charge is -2.14. The van der Waals surface area contributed by atoms with Gasteiger partial charge in [0.1, 0.15) is 11.4 Å². The van der Waals surface area contributed by atoms with Crippen LogP contribution in [0.1, 0.15) is 28.9 Å². The van der Waals surface area contributed by atoms with Crippen LogP contribution in [0, 0.1) is 5.82 Å². The van der Waals surface area contributed by atoms with Gasteiger partial charge in [-0.1, -0.05) is 24.3 Å². The number of para-hydroxylation sites is 1. The number of rotatable bonds is 3. The van der Waals surface area contributed by atoms with Crippen LogP contribution in [0.15, 0.2) is 59.5 Å². The van der Waals surface area contributed by atoms with Crippen LogP contribution in [0.4, 0.5) is 4.39 Å². The summed E-state index contributed by atoms with van der Waals surface area (Å²) >= 11 is 0. The first-order valence-electron chi connectivity index (χ1n) is 7.23. The predicted molar refractivity (Wildman–Crippen MR) is 86.8 cm³/mol. The number of carbonyl (C=O) groups is 1. The molecule has 0 aliphatic rings. The molecule has 23 heavy (non-hydrogen) atoms. The molecule has 0 aliphatic carbocycles. The molecule has 0 unspecified atom stereocenters. The molecule has 116 valence electrons. The van der Waals surface area contributed by atoms with Gasteiger partial charge in [0.25, 0.3) is 5.91 Å². The zero-order valence-electron chi connectivity index (χ0n) is 12.5. The molecule has 1 atom stereocenters. The topological polar surface area (TPSA) is 62.0 Å². The third-order valence-corrected chi connectivity index (χ3v) is 3.75. The molecule has 0 bridgehead atoms. The van der Waals surface area contributed by atoms with Gasteiger partial charge < -0.3 is 10.3 Å². The molecule has 0 saturated heterocycles. The molecule has 1 amide bonds. The zero-order chi connectivity index (χ0) is 16.4. The number of fused-ring (bicyclic) bond motifs is 1. The molecule has 2 N–H and O–H groups in total. The Hall–Kier alpha value is -2.95. The normalized spacial score (nSPS) is 12.1. The third kappa shape index (κ3) is 2.99. The van der Waals surface area contributed by atoms with Crippen molar-refractivity contribution in [3.05, 3.63) is 81.9 Å². The summed E-state index contributed by atoms with van der Waals surface area (Å²) in [4.78, 5) is 27.7. The number of aromatic amines is 1. The van der Waals surface area contributed by atoms with E-state index in [0.717, 1.165) is 5.56 Å². The highest BCUT2D eigenvalue weighted by Gasteiger charge is 2.16. The zero-order valence-corrected chi connectivity index (χ0v) is 12.5. The number of halogens is 1. The predicted octanol–water partition coefficient (Wildman–Crippen LogP) is 3.16. The minimum absolute atomic E-state index is 0.0534. The number of benzene rings is 2. The van der Waals surface area contributed by atoms with E-state index in [0.29, 0.717) is 10.9 Å². The Morgan fingerprint density at radius 1 is 1.13 bits per heavy atom. The van der Waals surface area contributed by atoms with E-state index in [9.17, 15) is 14.0 Å². The molecule has 0 saturated carbocycles. The van der Waals surface area contributed by atoms with Crippen molar-refractivity contribution in [2.75, 3.05) is 0 Å². The minimum Gasteiger partial charge on any atom is -0.360 e. The molecule has 1 aromatic heterocycles. The molecule has 2 aromatic carbocycles. The van der Waals surface area contributed by atoms with Gasteiger partial charge >= 0.3 is 0 Å². The second-order valence-corrected chi connectivity index (χ2v) is 5.32. The van der Waals surface area contributed by atoms with Crippen molar-refractivity contribution in [3.8, 4) is 0 Å². The molecule has 4 nitrogen and oxygen atoms in total. The first-order chi connectivity index (χ1) is 11.1. The average Bonchev–Trinajstić information content (AvgIpc) is 2.56. The second kappa shape index (κ2) is 6.04. The Morgan fingerprint density at radius 3 is 2.57 bits per heavy atom. The standard InChI is InChI=1S/C18H15FN2O2/c1-11(12-6-8-13(19)9-7-12)21-18(23)15-10-20-16-5-3-2-4-14(16)17(15)22/h2-11H,1H3,(H,20,22)(H,21,23)/t11-/m1/s1. The molecule has 0 radical (unpaired) electrons. The van der Waals surface area contributed by atoms with E-state index in [1.165, 1.54) is 18.3 Å². The maximum Gasteiger partial charge on any atom is 0.257 e. The van der Waals surface area contributed by atoms with E-state index < -0.39 is 5.91 Å². The fourth-order valence-electron chi connectivity index (χ4n) is 2.45. The summed E-state index contributed by atoms with van der Waals surface area (Å²) in [6.45, 7) is 1.78. The molecule has 0 aliphatic heterocycles. The Labute approximate surface area is 132 Å². The summed E-state index contributed by atoms with van der Waals surface area (Å²) in [6, 6.07) is 12.6. The third-order valence-electron chi connectivity index (χ3n) is 3.75. The van der Waals surface area contributed by atoms with Crippen molar-refractivity contribution in [3.63, 3.8) is 0 Å². The average molecular weight is 310 g/mol. The first-order valence-corrected chi connectivity index (χ1v) is 7.23. The molecule has 3 aromatic rings. The Balaban J connectivity index is 1.87. The highest BCUT2D eigenvalue weighted by molar-refractivity contribution is 5.97. The lowest BCUT2D eigenvalue weighted by atomic mass is 10.1. The number of hydrogen-bond donors (Lipinski definition) is 2. The van der Waals surface area contributed by atoms with Crippen molar-refractivity contribution in [1.29, 1.82) is 0 Å². The van der Waals surface area contributed by atoms with Crippen LogP contribution in [-0.2, 0) is 0 Å². The lowest BCUT2D eigenvalue weighted by molar-refractivity contribution is 0.0938. The van der Waals surface area contributed by atoms with Gasteiger partial charge in [0.05, 0.1) is 6.04 Å². The Morgan fingerprint density at radius 2 is 1.83 bits per heavy atom. The summed E-state index contributed by atoms with van der Waals surface area (Å²) < 4.78 is 12.9. The van der Waals surface area contributed by atoms with Gasteiger partial charge in [-0.15, -0.1) is 0 Å². The van der Waals surface area contributed by atoms with Crippen molar-refractivity contribution >= 4 is 16.8 Å². The van der Waals surface area contributed by atoms with E-state index in [1.807, 2.05) is 6.07 Å². The molecular weight excluding hydrogens is 295 g/mol. The summed E-state index contributed by atoms with van der Waals surface area (Å²) in [5.41, 5.74) is 1.18. The largest absolute Gasteiger partial charge is 0.360 e. The summed E-state index contributed by atoms with van der Waals surface area (Å²) in [5, 5.41) is 3.22. The second-order valence-electron chi connectivity index (χ2n) is 5.32. The summed E-state index contributed by atoms with van der Waals surface area (Å²) in [5.74, 6) is -0.799. The van der Waals surface area contributed by atoms with Gasteiger partial charge in [0, 0.05) is 17.1 Å². The number of pyridine rings is 1. The number of carbonyl (C=O) groups excluding carboxylic acids is 1. The van der Waals surface area contributed by atoms with E-state index in [1.54, 1.807) is 37.3 Å². The van der Waals surface area contributed by atoms with Crippen LogP contribution in [0.25, 0.3) is 10.9 Å². The van der Waals surface area contributed by atoms with Crippen molar-refractivity contribution in [2.45, 2.75) is 13.0 Å². The van der Waals surface area contributed by atoms with Crippen molar-refractivity contribution in [2.24, 2.45) is 0 Å². The van der Waals surface area contributed by atoms with Gasteiger partial charge in [-0.2, -0.15) is 0 Å². The minimum atomic E-state index is -0.464. The van der Waals surface area contributed by atoms with Crippen LogP contribution >= 0.6 is 0 Å². The number of amides is 1. The molecule has 0 fully saturated rings. The van der Waals surface area contributed by atoms with E-state index in [-0.39, 0.29) is 22.9 Å². The highest BCUT2D eigenvalue weighted by atomic mass is 19.1. The molecule has 1 heterocycles. The number of nitrogens with one attached hydrogen (secondary N) is 2. The monoisotopic (exact) mass is 310 g/mol. The van der Waals surface area contributed by atoms with E-state index >= 15 is 0 Å². The molecule has 3 rings (SSSR count). The number of aromatic nitrogens is 1. The van der Waals surface area contributed by atoms with E-state index in [4.69, 9.17) is 0 Å². The van der Waals surface area contributed by atoms with Crippen molar-refractivity contribution in [1.82, 2.24) is 10.3 Å². The summed E-state index contributed by atoms with van der Waals surface area (Å²) in [6.07, 6.45) is 1.41. The van der Waals surface area contributed by atoms with Crippen LogP contribution < -0.4 is 10.7 Å². The molecular formula is C18H15FN2O2. The highest BCUT2D eigenvalue weighted by Crippen LogP contribution is 2.14. The Bertz CT molecular complexity index is 916. The van der Waals surface area contributed by atoms with Gasteiger partial charge in [-0.05, 0) is 36.8 Å².